The van der Waals surface area contributed by atoms with Gasteiger partial charge in [0, 0.05) is 18.0 Å². The Morgan fingerprint density at radius 1 is 1.28 bits per heavy atom. The van der Waals surface area contributed by atoms with Gasteiger partial charge in [0.15, 0.2) is 0 Å². The maximum atomic E-state index is 9.50. The molecule has 0 aliphatic heterocycles. The second-order valence-electron chi connectivity index (χ2n) is 4.41. The van der Waals surface area contributed by atoms with E-state index < -0.39 is 6.10 Å². The fraction of sp³-hybridized carbons (Fsp3) is 0.267. The van der Waals surface area contributed by atoms with E-state index in [2.05, 4.69) is 4.98 Å². The van der Waals surface area contributed by atoms with E-state index in [0.29, 0.717) is 6.61 Å². The van der Waals surface area contributed by atoms with Crippen LogP contribution in [0, 0.1) is 6.92 Å². The van der Waals surface area contributed by atoms with Crippen LogP contribution in [0.4, 0.5) is 0 Å². The summed E-state index contributed by atoms with van der Waals surface area (Å²) in [4.78, 5) is 4.12. The summed E-state index contributed by atoms with van der Waals surface area (Å²) in [5.74, 6) is 0.759. The van der Waals surface area contributed by atoms with E-state index in [4.69, 9.17) is 4.74 Å². The van der Waals surface area contributed by atoms with Crippen LogP contribution in [-0.2, 0) is 6.61 Å². The normalized spacial score (nSPS) is 12.2. The van der Waals surface area contributed by atoms with Crippen LogP contribution in [-0.4, -0.2) is 10.1 Å². The second-order valence-corrected chi connectivity index (χ2v) is 4.41. The Morgan fingerprint density at radius 3 is 2.83 bits per heavy atom. The highest BCUT2D eigenvalue weighted by Crippen LogP contribution is 2.19. The van der Waals surface area contributed by atoms with E-state index >= 15 is 0 Å². The first-order chi connectivity index (χ1) is 8.65. The molecule has 2 rings (SSSR count). The van der Waals surface area contributed by atoms with E-state index in [0.717, 1.165) is 22.4 Å². The molecule has 0 radical (unpaired) electrons. The van der Waals surface area contributed by atoms with Crippen LogP contribution in [0.25, 0.3) is 0 Å². The minimum atomic E-state index is -0.478. The van der Waals surface area contributed by atoms with Gasteiger partial charge in [-0.25, -0.2) is 0 Å². The van der Waals surface area contributed by atoms with E-state index in [9.17, 15) is 5.11 Å². The minimum Gasteiger partial charge on any atom is -0.489 e. The summed E-state index contributed by atoms with van der Waals surface area (Å²) in [7, 11) is 0. The Labute approximate surface area is 107 Å². The molecule has 0 bridgehead atoms. The van der Waals surface area contributed by atoms with Gasteiger partial charge in [0.2, 0.25) is 0 Å². The lowest BCUT2D eigenvalue weighted by atomic mass is 10.1. The summed E-state index contributed by atoms with van der Waals surface area (Å²) in [5.41, 5.74) is 3.01. The zero-order valence-corrected chi connectivity index (χ0v) is 10.6. The van der Waals surface area contributed by atoms with Gasteiger partial charge in [0.25, 0.3) is 0 Å². The molecule has 0 aliphatic carbocycles. The molecular formula is C15H17NO2. The highest BCUT2D eigenvalue weighted by atomic mass is 16.5. The third-order valence-electron chi connectivity index (χ3n) is 2.68. The van der Waals surface area contributed by atoms with Crippen molar-refractivity contribution in [2.24, 2.45) is 0 Å². The van der Waals surface area contributed by atoms with Gasteiger partial charge in [-0.2, -0.15) is 0 Å². The topological polar surface area (TPSA) is 42.4 Å². The summed E-state index contributed by atoms with van der Waals surface area (Å²) in [6.45, 7) is 4.23. The molecule has 0 unspecified atom stereocenters. The second kappa shape index (κ2) is 5.65. The van der Waals surface area contributed by atoms with Crippen LogP contribution >= 0.6 is 0 Å². The standard InChI is InChI=1S/C15H17NO2/c1-11-6-13(9-16-8-11)10-18-15-5-3-4-14(7-15)12(2)17/h3-9,12,17H,10H2,1-2H3/t12-/m0/s1. The molecule has 94 valence electrons. The summed E-state index contributed by atoms with van der Waals surface area (Å²) in [5, 5.41) is 9.50. The summed E-state index contributed by atoms with van der Waals surface area (Å²) in [6.07, 6.45) is 3.14. The van der Waals surface area contributed by atoms with Crippen LogP contribution in [0.1, 0.15) is 29.7 Å². The number of aromatic nitrogens is 1. The molecule has 0 saturated carbocycles. The van der Waals surface area contributed by atoms with Crippen molar-refractivity contribution in [1.82, 2.24) is 4.98 Å². The Morgan fingerprint density at radius 2 is 2.11 bits per heavy atom. The maximum Gasteiger partial charge on any atom is 0.120 e. The average Bonchev–Trinajstić information content (AvgIpc) is 2.37. The van der Waals surface area contributed by atoms with Gasteiger partial charge < -0.3 is 9.84 Å². The maximum absolute atomic E-state index is 9.50. The monoisotopic (exact) mass is 243 g/mol. The van der Waals surface area contributed by atoms with Crippen molar-refractivity contribution >= 4 is 0 Å². The Balaban J connectivity index is 2.04. The number of nitrogens with zero attached hydrogens (tertiary/aromatic N) is 1. The van der Waals surface area contributed by atoms with Crippen LogP contribution in [0.2, 0.25) is 0 Å². The van der Waals surface area contributed by atoms with Gasteiger partial charge in [-0.05, 0) is 43.2 Å². The summed E-state index contributed by atoms with van der Waals surface area (Å²) in [6, 6.07) is 9.55. The van der Waals surface area contributed by atoms with Crippen LogP contribution in [0.3, 0.4) is 0 Å². The lowest BCUT2D eigenvalue weighted by Gasteiger charge is -2.09. The van der Waals surface area contributed by atoms with Crippen molar-refractivity contribution in [2.75, 3.05) is 0 Å². The van der Waals surface area contributed by atoms with Crippen molar-refractivity contribution in [3.8, 4) is 5.75 Å². The molecule has 1 N–H and O–H groups in total. The third kappa shape index (κ3) is 3.31. The minimum absolute atomic E-state index is 0.478. The van der Waals surface area contributed by atoms with E-state index in [1.54, 1.807) is 13.1 Å². The van der Waals surface area contributed by atoms with Gasteiger partial charge in [0.05, 0.1) is 6.10 Å². The van der Waals surface area contributed by atoms with Crippen LogP contribution in [0.5, 0.6) is 5.75 Å². The van der Waals surface area contributed by atoms with Gasteiger partial charge in [-0.1, -0.05) is 12.1 Å². The van der Waals surface area contributed by atoms with Crippen LogP contribution < -0.4 is 4.74 Å². The van der Waals surface area contributed by atoms with Crippen molar-refractivity contribution in [3.63, 3.8) is 0 Å². The number of aliphatic hydroxyl groups excluding tert-OH is 1. The molecule has 2 aromatic rings. The molecule has 0 amide bonds. The SMILES string of the molecule is Cc1cncc(COc2cccc([C@H](C)O)c2)c1. The first kappa shape index (κ1) is 12.6. The molecule has 1 atom stereocenters. The largest absolute Gasteiger partial charge is 0.489 e. The molecule has 18 heavy (non-hydrogen) atoms. The van der Waals surface area contributed by atoms with Gasteiger partial charge in [-0.15, -0.1) is 0 Å². The lowest BCUT2D eigenvalue weighted by molar-refractivity contribution is 0.198. The smallest absolute Gasteiger partial charge is 0.120 e. The fourth-order valence-corrected chi connectivity index (χ4v) is 1.73. The van der Waals surface area contributed by atoms with Gasteiger partial charge >= 0.3 is 0 Å². The predicted octanol–water partition coefficient (Wildman–Crippen LogP) is 3.02. The molecule has 1 aromatic carbocycles. The fourth-order valence-electron chi connectivity index (χ4n) is 1.73. The van der Waals surface area contributed by atoms with E-state index in [1.807, 2.05) is 43.5 Å². The number of rotatable bonds is 4. The highest BCUT2D eigenvalue weighted by Gasteiger charge is 2.02. The van der Waals surface area contributed by atoms with E-state index in [1.165, 1.54) is 0 Å². The number of benzene rings is 1. The van der Waals surface area contributed by atoms with Crippen molar-refractivity contribution in [2.45, 2.75) is 26.6 Å². The van der Waals surface area contributed by atoms with Crippen LogP contribution in [0.15, 0.2) is 42.7 Å². The highest BCUT2D eigenvalue weighted by molar-refractivity contribution is 5.30. The molecule has 0 fully saturated rings. The average molecular weight is 243 g/mol. The van der Waals surface area contributed by atoms with Crippen molar-refractivity contribution in [3.05, 3.63) is 59.4 Å². The number of aryl methyl sites for hydroxylation is 1. The quantitative estimate of drug-likeness (QED) is 0.897. The van der Waals surface area contributed by atoms with Gasteiger partial charge in [-0.3, -0.25) is 4.98 Å². The molecule has 3 nitrogen and oxygen atoms in total. The predicted molar refractivity (Wildman–Crippen MR) is 70.4 cm³/mol. The Hall–Kier alpha value is -1.87. The first-order valence-corrected chi connectivity index (χ1v) is 5.96. The first-order valence-electron chi connectivity index (χ1n) is 5.96. The summed E-state index contributed by atoms with van der Waals surface area (Å²) >= 11 is 0. The third-order valence-corrected chi connectivity index (χ3v) is 2.68. The molecule has 1 heterocycles. The number of pyridine rings is 1. The zero-order valence-electron chi connectivity index (χ0n) is 10.6. The summed E-state index contributed by atoms with van der Waals surface area (Å²) < 4.78 is 5.69. The molecule has 1 aromatic heterocycles. The molecule has 3 heteroatoms. The number of aliphatic hydroxyl groups is 1. The molecular weight excluding hydrogens is 226 g/mol. The molecule has 0 aliphatic rings. The molecule has 0 spiro atoms. The number of ether oxygens (including phenoxy) is 1. The van der Waals surface area contributed by atoms with E-state index in [-0.39, 0.29) is 0 Å². The molecule has 0 saturated heterocycles. The Bertz CT molecular complexity index is 523. The Kier molecular flexibility index (Phi) is 3.95. The van der Waals surface area contributed by atoms with Gasteiger partial charge in [0.1, 0.15) is 12.4 Å². The number of hydrogen-bond acceptors (Lipinski definition) is 3. The number of hydrogen-bond donors (Lipinski definition) is 1. The van der Waals surface area contributed by atoms with Crippen molar-refractivity contribution in [1.29, 1.82) is 0 Å². The zero-order chi connectivity index (χ0) is 13.0. The lowest BCUT2D eigenvalue weighted by Crippen LogP contribution is -1.98. The van der Waals surface area contributed by atoms with Crippen molar-refractivity contribution < 1.29 is 9.84 Å².